The summed E-state index contributed by atoms with van der Waals surface area (Å²) in [5, 5.41) is 10.8. The number of hydrogen-bond donors (Lipinski definition) is 1. The quantitative estimate of drug-likeness (QED) is 0.197. The minimum Gasteiger partial charge on any atom is -0.469 e. The molecule has 0 amide bonds. The van der Waals surface area contributed by atoms with E-state index in [0.29, 0.717) is 25.0 Å². The number of ether oxygens (including phenoxy) is 2. The Bertz CT molecular complexity index is 403. The van der Waals surface area contributed by atoms with Gasteiger partial charge in [0.15, 0.2) is 0 Å². The van der Waals surface area contributed by atoms with Crippen LogP contribution >= 0.6 is 11.8 Å². The fourth-order valence-electron chi connectivity index (χ4n) is 3.35. The molecular weight excluding hydrogens is 388 g/mol. The van der Waals surface area contributed by atoms with E-state index < -0.39 is 6.10 Å². The second-order valence-electron chi connectivity index (χ2n) is 7.74. The fraction of sp³-hybridized carbons (Fsp3) is 0.913. The van der Waals surface area contributed by atoms with Crippen LogP contribution in [0.25, 0.3) is 0 Å². The summed E-state index contributed by atoms with van der Waals surface area (Å²) >= 11 is 1.68. The lowest BCUT2D eigenvalue weighted by Gasteiger charge is -2.22. The number of unbranched alkanes of at least 4 members (excludes halogenated alkanes) is 9. The van der Waals surface area contributed by atoms with Crippen molar-refractivity contribution in [1.29, 1.82) is 0 Å². The van der Waals surface area contributed by atoms with Gasteiger partial charge in [-0.1, -0.05) is 71.1 Å². The molecule has 0 aliphatic heterocycles. The smallest absolute Gasteiger partial charge is 0.306 e. The third-order valence-corrected chi connectivity index (χ3v) is 6.66. The second kappa shape index (κ2) is 20.5. The SMILES string of the molecule is CCCCCCCCCCC[C@H](SCCC(=O)OC)[C@@H](O)CCCCC(=O)OC. The molecule has 172 valence electrons. The highest BCUT2D eigenvalue weighted by Gasteiger charge is 2.20. The van der Waals surface area contributed by atoms with Crippen molar-refractivity contribution in [3.05, 3.63) is 0 Å². The van der Waals surface area contributed by atoms with E-state index in [1.165, 1.54) is 65.6 Å². The normalized spacial score (nSPS) is 13.1. The number of carbonyl (C=O) groups excluding carboxylic acids is 2. The molecule has 0 aromatic rings. The van der Waals surface area contributed by atoms with E-state index in [1.54, 1.807) is 11.8 Å². The van der Waals surface area contributed by atoms with Crippen LogP contribution in [-0.4, -0.2) is 48.4 Å². The number of esters is 2. The molecule has 0 aromatic heterocycles. The van der Waals surface area contributed by atoms with Gasteiger partial charge in [0, 0.05) is 17.4 Å². The molecule has 29 heavy (non-hydrogen) atoms. The predicted octanol–water partition coefficient (Wildman–Crippen LogP) is 5.67. The van der Waals surface area contributed by atoms with Crippen molar-refractivity contribution in [2.75, 3.05) is 20.0 Å². The van der Waals surface area contributed by atoms with Crippen LogP contribution in [0.5, 0.6) is 0 Å². The Labute approximate surface area is 182 Å². The number of rotatable bonds is 20. The summed E-state index contributed by atoms with van der Waals surface area (Å²) in [7, 11) is 2.80. The number of aliphatic hydroxyl groups is 1. The molecule has 0 fully saturated rings. The lowest BCUT2D eigenvalue weighted by Crippen LogP contribution is -2.24. The zero-order valence-corrected chi connectivity index (χ0v) is 19.8. The van der Waals surface area contributed by atoms with Gasteiger partial charge in [0.05, 0.1) is 26.7 Å². The molecule has 0 rings (SSSR count). The highest BCUT2D eigenvalue weighted by Crippen LogP contribution is 2.25. The summed E-state index contributed by atoms with van der Waals surface area (Å²) in [5.41, 5.74) is 0. The van der Waals surface area contributed by atoms with Crippen molar-refractivity contribution in [3.8, 4) is 0 Å². The second-order valence-corrected chi connectivity index (χ2v) is 9.09. The van der Waals surface area contributed by atoms with Crippen molar-refractivity contribution in [2.24, 2.45) is 0 Å². The maximum atomic E-state index is 11.4. The Hall–Kier alpha value is -0.750. The molecule has 0 saturated heterocycles. The van der Waals surface area contributed by atoms with E-state index in [4.69, 9.17) is 4.74 Å². The maximum Gasteiger partial charge on any atom is 0.306 e. The lowest BCUT2D eigenvalue weighted by molar-refractivity contribution is -0.141. The van der Waals surface area contributed by atoms with Crippen molar-refractivity contribution >= 4 is 23.7 Å². The molecule has 6 heteroatoms. The van der Waals surface area contributed by atoms with Gasteiger partial charge in [0.2, 0.25) is 0 Å². The average molecular weight is 433 g/mol. The van der Waals surface area contributed by atoms with Crippen LogP contribution in [0.4, 0.5) is 0 Å². The highest BCUT2D eigenvalue weighted by atomic mass is 32.2. The van der Waals surface area contributed by atoms with E-state index in [-0.39, 0.29) is 17.2 Å². The van der Waals surface area contributed by atoms with Crippen LogP contribution in [0.3, 0.4) is 0 Å². The zero-order valence-electron chi connectivity index (χ0n) is 19.0. The Morgan fingerprint density at radius 3 is 1.86 bits per heavy atom. The van der Waals surface area contributed by atoms with Gasteiger partial charge >= 0.3 is 11.9 Å². The lowest BCUT2D eigenvalue weighted by atomic mass is 10.0. The summed E-state index contributed by atoms with van der Waals surface area (Å²) in [6.07, 6.45) is 15.2. The van der Waals surface area contributed by atoms with E-state index in [0.717, 1.165) is 25.7 Å². The van der Waals surface area contributed by atoms with Crippen LogP contribution in [0.2, 0.25) is 0 Å². The standard InChI is InChI=1S/C23H44O5S/c1-4-5-6-7-8-9-10-11-12-16-21(29-19-18-23(26)28-3)20(24)15-13-14-17-22(25)27-2/h20-21,24H,4-19H2,1-3H3/t20-,21-/m0/s1. The van der Waals surface area contributed by atoms with E-state index in [1.807, 2.05) is 0 Å². The van der Waals surface area contributed by atoms with Crippen LogP contribution in [0.15, 0.2) is 0 Å². The van der Waals surface area contributed by atoms with Crippen LogP contribution < -0.4 is 0 Å². The number of methoxy groups -OCH3 is 2. The Kier molecular flexibility index (Phi) is 20.0. The first-order valence-corrected chi connectivity index (χ1v) is 12.5. The number of hydrogen-bond acceptors (Lipinski definition) is 6. The fourth-order valence-corrected chi connectivity index (χ4v) is 4.63. The largest absolute Gasteiger partial charge is 0.469 e. The molecule has 0 bridgehead atoms. The van der Waals surface area contributed by atoms with Crippen molar-refractivity contribution in [2.45, 2.75) is 115 Å². The first-order chi connectivity index (χ1) is 14.0. The predicted molar refractivity (Wildman–Crippen MR) is 121 cm³/mol. The minimum absolute atomic E-state index is 0.141. The third-order valence-electron chi connectivity index (χ3n) is 5.25. The molecule has 2 atom stereocenters. The van der Waals surface area contributed by atoms with Gasteiger partial charge in [-0.15, -0.1) is 0 Å². The molecule has 0 aliphatic carbocycles. The van der Waals surface area contributed by atoms with Crippen molar-refractivity contribution < 1.29 is 24.2 Å². The first kappa shape index (κ1) is 28.2. The summed E-state index contributed by atoms with van der Waals surface area (Å²) in [6.45, 7) is 2.24. The first-order valence-electron chi connectivity index (χ1n) is 11.5. The Balaban J connectivity index is 4.11. The Morgan fingerprint density at radius 2 is 1.28 bits per heavy atom. The van der Waals surface area contributed by atoms with Crippen LogP contribution in [0.1, 0.15) is 103 Å². The van der Waals surface area contributed by atoms with Gasteiger partial charge in [-0.2, -0.15) is 11.8 Å². The topological polar surface area (TPSA) is 72.8 Å². The molecule has 5 nitrogen and oxygen atoms in total. The van der Waals surface area contributed by atoms with Gasteiger partial charge in [-0.3, -0.25) is 9.59 Å². The summed E-state index contributed by atoms with van der Waals surface area (Å²) in [4.78, 5) is 22.5. The molecule has 1 N–H and O–H groups in total. The van der Waals surface area contributed by atoms with E-state index in [2.05, 4.69) is 11.7 Å². The molecular formula is C23H44O5S. The highest BCUT2D eigenvalue weighted by molar-refractivity contribution is 7.99. The van der Waals surface area contributed by atoms with E-state index in [9.17, 15) is 14.7 Å². The van der Waals surface area contributed by atoms with Crippen LogP contribution in [-0.2, 0) is 19.1 Å². The molecule has 0 aliphatic rings. The van der Waals surface area contributed by atoms with Gasteiger partial charge < -0.3 is 14.6 Å². The summed E-state index contributed by atoms with van der Waals surface area (Å²) in [6, 6.07) is 0. The monoisotopic (exact) mass is 432 g/mol. The maximum absolute atomic E-state index is 11.4. The van der Waals surface area contributed by atoms with Crippen LogP contribution in [0, 0.1) is 0 Å². The molecule has 0 spiro atoms. The van der Waals surface area contributed by atoms with Gasteiger partial charge in [-0.25, -0.2) is 0 Å². The molecule has 0 aromatic carbocycles. The van der Waals surface area contributed by atoms with Gasteiger partial charge in [-0.05, 0) is 19.3 Å². The average Bonchev–Trinajstić information content (AvgIpc) is 2.73. The van der Waals surface area contributed by atoms with Crippen molar-refractivity contribution in [3.63, 3.8) is 0 Å². The molecule has 0 saturated carbocycles. The minimum atomic E-state index is -0.399. The molecule has 0 heterocycles. The molecule has 0 unspecified atom stereocenters. The summed E-state index contributed by atoms with van der Waals surface area (Å²) in [5.74, 6) is 0.277. The van der Waals surface area contributed by atoms with Crippen molar-refractivity contribution in [1.82, 2.24) is 0 Å². The zero-order chi connectivity index (χ0) is 21.7. The Morgan fingerprint density at radius 1 is 0.759 bits per heavy atom. The summed E-state index contributed by atoms with van der Waals surface area (Å²) < 4.78 is 9.36. The third kappa shape index (κ3) is 17.8. The number of aliphatic hydroxyl groups excluding tert-OH is 1. The van der Waals surface area contributed by atoms with Gasteiger partial charge in [0.25, 0.3) is 0 Å². The van der Waals surface area contributed by atoms with E-state index >= 15 is 0 Å². The number of thioether (sulfide) groups is 1. The molecule has 0 radical (unpaired) electrons. The van der Waals surface area contributed by atoms with Gasteiger partial charge in [0.1, 0.15) is 0 Å². The number of carbonyl (C=O) groups is 2.